The monoisotopic (exact) mass is 292 g/mol. The topological polar surface area (TPSA) is 20.2 Å². The number of halogens is 1. The molecule has 1 nitrogen and oxygen atoms in total. The van der Waals surface area contributed by atoms with Crippen molar-refractivity contribution in [3.05, 3.63) is 11.6 Å². The number of alkyl halides is 1. The van der Waals surface area contributed by atoms with Crippen molar-refractivity contribution in [2.45, 2.75) is 77.5 Å². The Hall–Kier alpha value is -0.370. The molecule has 0 bridgehead atoms. The van der Waals surface area contributed by atoms with E-state index >= 15 is 0 Å². The number of hydrogen-bond acceptors (Lipinski definition) is 1. The Morgan fingerprint density at radius 2 is 1.95 bits per heavy atom. The molecule has 1 N–H and O–H groups in total. The molecule has 0 aromatic rings. The van der Waals surface area contributed by atoms with Gasteiger partial charge in [0.15, 0.2) is 0 Å². The average molecular weight is 292 g/mol. The van der Waals surface area contributed by atoms with Crippen LogP contribution in [0, 0.1) is 28.6 Å². The molecule has 118 valence electrons. The summed E-state index contributed by atoms with van der Waals surface area (Å²) in [4.78, 5) is 0. The van der Waals surface area contributed by atoms with Crippen molar-refractivity contribution in [2.75, 3.05) is 0 Å². The molecule has 3 fully saturated rings. The SMILES string of the molecule is C[C@]12CCCC=C1C(F)C[C@@H]1[C@H]2CC[C@]2(C)C(O)CC[C@@H]12. The first-order valence-corrected chi connectivity index (χ1v) is 8.99. The zero-order valence-electron chi connectivity index (χ0n) is 13.4. The summed E-state index contributed by atoms with van der Waals surface area (Å²) in [6.07, 6.45) is 9.90. The van der Waals surface area contributed by atoms with Crippen LogP contribution < -0.4 is 0 Å². The smallest absolute Gasteiger partial charge is 0.122 e. The van der Waals surface area contributed by atoms with Crippen LogP contribution in [0.15, 0.2) is 11.6 Å². The molecule has 21 heavy (non-hydrogen) atoms. The number of aliphatic hydroxyl groups excluding tert-OH is 1. The molecular formula is C19H29FO. The first kappa shape index (κ1) is 14.2. The van der Waals surface area contributed by atoms with Crippen molar-refractivity contribution >= 4 is 0 Å². The van der Waals surface area contributed by atoms with Gasteiger partial charge >= 0.3 is 0 Å². The van der Waals surface area contributed by atoms with E-state index in [-0.39, 0.29) is 16.9 Å². The second-order valence-electron chi connectivity index (χ2n) is 8.69. The summed E-state index contributed by atoms with van der Waals surface area (Å²) in [5, 5.41) is 10.4. The summed E-state index contributed by atoms with van der Waals surface area (Å²) < 4.78 is 14.9. The summed E-state index contributed by atoms with van der Waals surface area (Å²) in [5.74, 6) is 1.69. The highest BCUT2D eigenvalue weighted by atomic mass is 19.1. The van der Waals surface area contributed by atoms with Gasteiger partial charge in [0.25, 0.3) is 0 Å². The highest BCUT2D eigenvalue weighted by Gasteiger charge is 2.60. The summed E-state index contributed by atoms with van der Waals surface area (Å²) in [7, 11) is 0. The van der Waals surface area contributed by atoms with Gasteiger partial charge in [0.2, 0.25) is 0 Å². The molecule has 0 saturated heterocycles. The first-order valence-electron chi connectivity index (χ1n) is 8.99. The molecule has 0 aromatic heterocycles. The molecule has 4 aliphatic carbocycles. The second kappa shape index (κ2) is 4.57. The molecule has 2 heteroatoms. The fourth-order valence-electron chi connectivity index (χ4n) is 6.74. The number of aliphatic hydroxyl groups is 1. The fraction of sp³-hybridized carbons (Fsp3) is 0.895. The average Bonchev–Trinajstić information content (AvgIpc) is 2.75. The molecular weight excluding hydrogens is 263 g/mol. The standard InChI is InChI=1S/C19H29FO/c1-18-9-4-3-5-15(18)16(20)11-12-13-6-7-17(21)19(13,2)10-8-14(12)18/h5,12-14,16-17,21H,3-4,6-11H2,1-2H3/t12-,13-,14+,16?,17?,18+,19-/m0/s1. The van der Waals surface area contributed by atoms with E-state index in [1.54, 1.807) is 0 Å². The van der Waals surface area contributed by atoms with Crippen molar-refractivity contribution in [3.8, 4) is 0 Å². The molecule has 7 atom stereocenters. The maximum absolute atomic E-state index is 14.9. The van der Waals surface area contributed by atoms with Gasteiger partial charge in [-0.05, 0) is 85.5 Å². The van der Waals surface area contributed by atoms with Gasteiger partial charge in [0.1, 0.15) is 6.17 Å². The first-order chi connectivity index (χ1) is 9.97. The maximum atomic E-state index is 14.9. The second-order valence-corrected chi connectivity index (χ2v) is 8.69. The maximum Gasteiger partial charge on any atom is 0.122 e. The highest BCUT2D eigenvalue weighted by molar-refractivity contribution is 5.27. The van der Waals surface area contributed by atoms with Crippen LogP contribution in [0.3, 0.4) is 0 Å². The molecule has 2 unspecified atom stereocenters. The van der Waals surface area contributed by atoms with Crippen molar-refractivity contribution in [1.29, 1.82) is 0 Å². The highest BCUT2D eigenvalue weighted by Crippen LogP contribution is 2.65. The summed E-state index contributed by atoms with van der Waals surface area (Å²) in [6, 6.07) is 0. The molecule has 0 aromatic carbocycles. The Balaban J connectivity index is 1.72. The fourth-order valence-corrected chi connectivity index (χ4v) is 6.74. The Bertz CT molecular complexity index is 472. The minimum atomic E-state index is -0.725. The molecule has 3 saturated carbocycles. The molecule has 0 heterocycles. The van der Waals surface area contributed by atoms with Gasteiger partial charge in [0, 0.05) is 0 Å². The number of rotatable bonds is 0. The van der Waals surface area contributed by atoms with Crippen LogP contribution in [0.4, 0.5) is 4.39 Å². The van der Waals surface area contributed by atoms with Crippen molar-refractivity contribution in [3.63, 3.8) is 0 Å². The van der Waals surface area contributed by atoms with Gasteiger partial charge in [-0.1, -0.05) is 19.9 Å². The lowest BCUT2D eigenvalue weighted by molar-refractivity contribution is -0.0849. The lowest BCUT2D eigenvalue weighted by Gasteiger charge is -2.58. The third-order valence-electron chi connectivity index (χ3n) is 7.95. The molecule has 0 aliphatic heterocycles. The molecule has 4 rings (SSSR count). The normalized spacial score (nSPS) is 56.2. The lowest BCUT2D eigenvalue weighted by Crippen LogP contribution is -2.53. The molecule has 0 spiro atoms. The van der Waals surface area contributed by atoms with E-state index in [9.17, 15) is 9.50 Å². The van der Waals surface area contributed by atoms with Gasteiger partial charge < -0.3 is 5.11 Å². The number of hydrogen-bond donors (Lipinski definition) is 1. The summed E-state index contributed by atoms with van der Waals surface area (Å²) in [5.41, 5.74) is 1.31. The summed E-state index contributed by atoms with van der Waals surface area (Å²) in [6.45, 7) is 4.61. The van der Waals surface area contributed by atoms with E-state index in [0.717, 1.165) is 37.7 Å². The Kier molecular flexibility index (Phi) is 3.10. The van der Waals surface area contributed by atoms with Crippen LogP contribution in [0.25, 0.3) is 0 Å². The van der Waals surface area contributed by atoms with Crippen LogP contribution in [-0.4, -0.2) is 17.4 Å². The van der Waals surface area contributed by atoms with Crippen LogP contribution in [-0.2, 0) is 0 Å². The van der Waals surface area contributed by atoms with Gasteiger partial charge in [-0.25, -0.2) is 4.39 Å². The third-order valence-corrected chi connectivity index (χ3v) is 7.95. The van der Waals surface area contributed by atoms with Gasteiger partial charge in [0.05, 0.1) is 6.10 Å². The van der Waals surface area contributed by atoms with Crippen LogP contribution in [0.5, 0.6) is 0 Å². The Morgan fingerprint density at radius 3 is 2.76 bits per heavy atom. The van der Waals surface area contributed by atoms with Gasteiger partial charge in [-0.3, -0.25) is 0 Å². The van der Waals surface area contributed by atoms with E-state index in [1.165, 1.54) is 19.3 Å². The van der Waals surface area contributed by atoms with Gasteiger partial charge in [-0.2, -0.15) is 0 Å². The zero-order chi connectivity index (χ0) is 14.8. The van der Waals surface area contributed by atoms with E-state index in [0.29, 0.717) is 17.8 Å². The zero-order valence-corrected chi connectivity index (χ0v) is 13.4. The minimum Gasteiger partial charge on any atom is -0.393 e. The number of allylic oxidation sites excluding steroid dienone is 2. The van der Waals surface area contributed by atoms with E-state index in [1.807, 2.05) is 0 Å². The van der Waals surface area contributed by atoms with E-state index in [4.69, 9.17) is 0 Å². The molecule has 4 aliphatic rings. The predicted molar refractivity (Wildman–Crippen MR) is 82.6 cm³/mol. The van der Waals surface area contributed by atoms with E-state index < -0.39 is 6.17 Å². The Morgan fingerprint density at radius 1 is 1.14 bits per heavy atom. The van der Waals surface area contributed by atoms with Crippen molar-refractivity contribution < 1.29 is 9.50 Å². The quantitative estimate of drug-likeness (QED) is 0.644. The van der Waals surface area contributed by atoms with Gasteiger partial charge in [-0.15, -0.1) is 0 Å². The van der Waals surface area contributed by atoms with Crippen LogP contribution >= 0.6 is 0 Å². The summed E-state index contributed by atoms with van der Waals surface area (Å²) >= 11 is 0. The van der Waals surface area contributed by atoms with Crippen LogP contribution in [0.2, 0.25) is 0 Å². The molecule has 0 radical (unpaired) electrons. The van der Waals surface area contributed by atoms with E-state index in [2.05, 4.69) is 19.9 Å². The largest absolute Gasteiger partial charge is 0.393 e. The predicted octanol–water partition coefficient (Wildman–Crippen LogP) is 4.65. The number of fused-ring (bicyclic) bond motifs is 5. The Labute approximate surface area is 128 Å². The lowest BCUT2D eigenvalue weighted by atomic mass is 9.47. The van der Waals surface area contributed by atoms with Crippen molar-refractivity contribution in [2.24, 2.45) is 28.6 Å². The minimum absolute atomic E-state index is 0.0626. The third kappa shape index (κ3) is 1.77. The van der Waals surface area contributed by atoms with Crippen LogP contribution in [0.1, 0.15) is 65.2 Å². The van der Waals surface area contributed by atoms with Crippen molar-refractivity contribution in [1.82, 2.24) is 0 Å². The molecule has 0 amide bonds.